The van der Waals surface area contributed by atoms with E-state index in [1.165, 1.54) is 0 Å². The normalized spacial score (nSPS) is 19.8. The molecule has 1 aliphatic rings. The van der Waals surface area contributed by atoms with Gasteiger partial charge in [-0.15, -0.1) is 0 Å². The van der Waals surface area contributed by atoms with Crippen LogP contribution in [0, 0.1) is 18.8 Å². The highest BCUT2D eigenvalue weighted by Crippen LogP contribution is 2.27. The van der Waals surface area contributed by atoms with Crippen LogP contribution < -0.4 is 10.1 Å². The molecule has 2 heterocycles. The SMILES string of the molecule is [CH2][C@H]1CC[C@H](CNC(=O)c2ccnc(-c3ccc(OCC)nc3)c2)CC1. The van der Waals surface area contributed by atoms with Crippen molar-refractivity contribution < 1.29 is 9.53 Å². The van der Waals surface area contributed by atoms with Crippen molar-refractivity contribution in [3.63, 3.8) is 0 Å². The molecule has 26 heavy (non-hydrogen) atoms. The van der Waals surface area contributed by atoms with Crippen LogP contribution in [0.3, 0.4) is 0 Å². The fraction of sp³-hybridized carbons (Fsp3) is 0.429. The van der Waals surface area contributed by atoms with Gasteiger partial charge in [-0.05, 0) is 49.8 Å². The van der Waals surface area contributed by atoms with Crippen LogP contribution >= 0.6 is 0 Å². The van der Waals surface area contributed by atoms with Crippen molar-refractivity contribution in [1.29, 1.82) is 0 Å². The molecule has 1 radical (unpaired) electrons. The van der Waals surface area contributed by atoms with Crippen molar-refractivity contribution in [1.82, 2.24) is 15.3 Å². The fourth-order valence-corrected chi connectivity index (χ4v) is 3.27. The lowest BCUT2D eigenvalue weighted by molar-refractivity contribution is 0.0942. The van der Waals surface area contributed by atoms with E-state index >= 15 is 0 Å². The van der Waals surface area contributed by atoms with Gasteiger partial charge < -0.3 is 10.1 Å². The van der Waals surface area contributed by atoms with E-state index in [9.17, 15) is 4.79 Å². The second kappa shape index (κ2) is 8.79. The Morgan fingerprint density at radius 1 is 1.23 bits per heavy atom. The van der Waals surface area contributed by atoms with E-state index in [1.54, 1.807) is 24.5 Å². The first-order chi connectivity index (χ1) is 12.7. The lowest BCUT2D eigenvalue weighted by Crippen LogP contribution is -2.31. The number of hydrogen-bond acceptors (Lipinski definition) is 4. The molecule has 1 saturated carbocycles. The van der Waals surface area contributed by atoms with Gasteiger partial charge >= 0.3 is 0 Å². The highest BCUT2D eigenvalue weighted by Gasteiger charge is 2.19. The minimum absolute atomic E-state index is 0.0516. The van der Waals surface area contributed by atoms with Crippen molar-refractivity contribution in [2.24, 2.45) is 11.8 Å². The highest BCUT2D eigenvalue weighted by molar-refractivity contribution is 5.95. The van der Waals surface area contributed by atoms with E-state index in [-0.39, 0.29) is 5.91 Å². The Bertz CT molecular complexity index is 722. The third-order valence-electron chi connectivity index (χ3n) is 4.86. The van der Waals surface area contributed by atoms with Crippen LogP contribution in [0.1, 0.15) is 43.0 Å². The van der Waals surface area contributed by atoms with Crippen LogP contribution in [-0.2, 0) is 0 Å². The Balaban J connectivity index is 1.61. The van der Waals surface area contributed by atoms with Gasteiger partial charge in [-0.2, -0.15) is 0 Å². The van der Waals surface area contributed by atoms with Crippen LogP contribution in [0.5, 0.6) is 5.88 Å². The average Bonchev–Trinajstić information content (AvgIpc) is 2.68. The van der Waals surface area contributed by atoms with Gasteiger partial charge in [-0.3, -0.25) is 9.78 Å². The van der Waals surface area contributed by atoms with E-state index in [1.807, 2.05) is 19.1 Å². The summed E-state index contributed by atoms with van der Waals surface area (Å²) in [5, 5.41) is 3.07. The molecule has 2 aromatic rings. The summed E-state index contributed by atoms with van der Waals surface area (Å²) in [6, 6.07) is 7.26. The van der Waals surface area contributed by atoms with Gasteiger partial charge in [0.05, 0.1) is 12.3 Å². The molecule has 1 N–H and O–H groups in total. The standard InChI is InChI=1S/C21H26N3O2/c1-3-26-20-9-8-18(14-23-20)19-12-17(10-11-22-19)21(25)24-13-16-6-4-15(2)5-7-16/h8-12,14-16H,2-7,13H2,1H3,(H,24,25)/t15-,16-. The van der Waals surface area contributed by atoms with Gasteiger partial charge in [-0.25, -0.2) is 4.98 Å². The summed E-state index contributed by atoms with van der Waals surface area (Å²) in [6.45, 7) is 7.35. The third kappa shape index (κ3) is 4.81. The van der Waals surface area contributed by atoms with Crippen molar-refractivity contribution >= 4 is 5.91 Å². The maximum atomic E-state index is 12.5. The minimum Gasteiger partial charge on any atom is -0.478 e. The zero-order chi connectivity index (χ0) is 18.4. The Labute approximate surface area is 155 Å². The smallest absolute Gasteiger partial charge is 0.251 e. The van der Waals surface area contributed by atoms with Gasteiger partial charge in [0.1, 0.15) is 0 Å². The minimum atomic E-state index is -0.0516. The third-order valence-corrected chi connectivity index (χ3v) is 4.86. The molecular formula is C21H26N3O2. The molecule has 137 valence electrons. The number of nitrogens with one attached hydrogen (secondary N) is 1. The van der Waals surface area contributed by atoms with Gasteiger partial charge in [0.25, 0.3) is 5.91 Å². The molecule has 0 saturated heterocycles. The van der Waals surface area contributed by atoms with E-state index in [0.29, 0.717) is 29.9 Å². The van der Waals surface area contributed by atoms with Crippen molar-refractivity contribution in [2.45, 2.75) is 32.6 Å². The predicted octanol–water partition coefficient (Wildman–Crippen LogP) is 3.91. The summed E-state index contributed by atoms with van der Waals surface area (Å²) in [7, 11) is 0. The van der Waals surface area contributed by atoms with Crippen molar-refractivity contribution in [2.75, 3.05) is 13.2 Å². The molecule has 0 bridgehead atoms. The van der Waals surface area contributed by atoms with Crippen LogP contribution in [-0.4, -0.2) is 29.0 Å². The molecule has 3 rings (SSSR count). The zero-order valence-corrected chi connectivity index (χ0v) is 15.3. The molecule has 5 nitrogen and oxygen atoms in total. The maximum absolute atomic E-state index is 12.5. The molecule has 0 spiro atoms. The number of amides is 1. The molecule has 0 aromatic carbocycles. The number of rotatable bonds is 6. The lowest BCUT2D eigenvalue weighted by atomic mass is 9.83. The lowest BCUT2D eigenvalue weighted by Gasteiger charge is -2.26. The van der Waals surface area contributed by atoms with Crippen molar-refractivity contribution in [3.8, 4) is 17.1 Å². The van der Waals surface area contributed by atoms with E-state index in [0.717, 1.165) is 43.5 Å². The van der Waals surface area contributed by atoms with E-state index in [2.05, 4.69) is 22.2 Å². The number of ether oxygens (including phenoxy) is 1. The number of nitrogens with zero attached hydrogens (tertiary/aromatic N) is 2. The summed E-state index contributed by atoms with van der Waals surface area (Å²) in [5.74, 6) is 1.67. The molecule has 1 aliphatic carbocycles. The molecular weight excluding hydrogens is 326 g/mol. The first-order valence-corrected chi connectivity index (χ1v) is 9.32. The van der Waals surface area contributed by atoms with E-state index < -0.39 is 0 Å². The Hall–Kier alpha value is -2.43. The monoisotopic (exact) mass is 352 g/mol. The summed E-state index contributed by atoms with van der Waals surface area (Å²) < 4.78 is 5.36. The Morgan fingerprint density at radius 2 is 2.04 bits per heavy atom. The molecule has 0 unspecified atom stereocenters. The average molecular weight is 352 g/mol. The van der Waals surface area contributed by atoms with Crippen LogP contribution in [0.2, 0.25) is 0 Å². The molecule has 1 amide bonds. The number of carbonyl (C=O) groups is 1. The van der Waals surface area contributed by atoms with Crippen molar-refractivity contribution in [3.05, 3.63) is 49.1 Å². The van der Waals surface area contributed by atoms with E-state index in [4.69, 9.17) is 4.74 Å². The van der Waals surface area contributed by atoms with Gasteiger partial charge in [0.15, 0.2) is 0 Å². The van der Waals surface area contributed by atoms with Gasteiger partial charge in [0, 0.05) is 36.1 Å². The van der Waals surface area contributed by atoms with Gasteiger partial charge in [-0.1, -0.05) is 19.8 Å². The largest absolute Gasteiger partial charge is 0.478 e. The highest BCUT2D eigenvalue weighted by atomic mass is 16.5. The fourth-order valence-electron chi connectivity index (χ4n) is 3.27. The number of pyridine rings is 2. The topological polar surface area (TPSA) is 64.1 Å². The first-order valence-electron chi connectivity index (χ1n) is 9.32. The van der Waals surface area contributed by atoms with Crippen LogP contribution in [0.4, 0.5) is 0 Å². The number of carbonyl (C=O) groups excluding carboxylic acids is 1. The maximum Gasteiger partial charge on any atom is 0.251 e. The zero-order valence-electron chi connectivity index (χ0n) is 15.3. The van der Waals surface area contributed by atoms with Crippen LogP contribution in [0.25, 0.3) is 11.3 Å². The number of hydrogen-bond donors (Lipinski definition) is 1. The molecule has 2 aromatic heterocycles. The molecule has 0 aliphatic heterocycles. The first kappa shape index (κ1) is 18.4. The summed E-state index contributed by atoms with van der Waals surface area (Å²) in [4.78, 5) is 21.1. The second-order valence-corrected chi connectivity index (χ2v) is 6.84. The predicted molar refractivity (Wildman–Crippen MR) is 102 cm³/mol. The summed E-state index contributed by atoms with van der Waals surface area (Å²) >= 11 is 0. The molecule has 0 atom stereocenters. The van der Waals surface area contributed by atoms with Crippen LogP contribution in [0.15, 0.2) is 36.7 Å². The Morgan fingerprint density at radius 3 is 2.73 bits per heavy atom. The van der Waals surface area contributed by atoms with Gasteiger partial charge in [0.2, 0.25) is 5.88 Å². The molecule has 1 fully saturated rings. The summed E-state index contributed by atoms with van der Waals surface area (Å²) in [5.41, 5.74) is 2.21. The second-order valence-electron chi connectivity index (χ2n) is 6.84. The molecule has 5 heteroatoms. The number of aromatic nitrogens is 2. The Kier molecular flexibility index (Phi) is 6.21. The quantitative estimate of drug-likeness (QED) is 0.856. The summed E-state index contributed by atoms with van der Waals surface area (Å²) in [6.07, 6.45) is 7.98.